The van der Waals surface area contributed by atoms with Crippen LogP contribution in [0, 0.1) is 11.3 Å². The number of aryl methyl sites for hydroxylation is 1. The third-order valence-electron chi connectivity index (χ3n) is 6.28. The Morgan fingerprint density at radius 1 is 1.19 bits per heavy atom. The average Bonchev–Trinajstić information content (AvgIpc) is 2.97. The van der Waals surface area contributed by atoms with E-state index < -0.39 is 0 Å². The highest BCUT2D eigenvalue weighted by molar-refractivity contribution is 5.76. The number of likely N-dealkylation sites (tertiary alicyclic amines) is 1. The highest BCUT2D eigenvalue weighted by Gasteiger charge is 2.42. The molecule has 6 nitrogen and oxygen atoms in total. The van der Waals surface area contributed by atoms with Crippen molar-refractivity contribution in [2.24, 2.45) is 0 Å². The molecule has 142 valence electrons. The largest absolute Gasteiger partial charge is 0.343 e. The lowest BCUT2D eigenvalue weighted by molar-refractivity contribution is -0.130. The molecule has 1 amide bonds. The van der Waals surface area contributed by atoms with Gasteiger partial charge in [-0.05, 0) is 45.4 Å². The Hall–Kier alpha value is -1.84. The molecule has 0 N–H and O–H groups in total. The number of carbonyl (C=O) groups is 1. The van der Waals surface area contributed by atoms with Crippen LogP contribution in [0.2, 0.25) is 0 Å². The van der Waals surface area contributed by atoms with E-state index >= 15 is 0 Å². The van der Waals surface area contributed by atoms with Gasteiger partial charge in [0.1, 0.15) is 11.8 Å². The minimum Gasteiger partial charge on any atom is -0.343 e. The smallest absolute Gasteiger partial charge is 0.222 e. The van der Waals surface area contributed by atoms with Crippen molar-refractivity contribution >= 4 is 5.91 Å². The van der Waals surface area contributed by atoms with E-state index in [1.54, 1.807) is 0 Å². The fourth-order valence-electron chi connectivity index (χ4n) is 4.51. The van der Waals surface area contributed by atoms with E-state index in [-0.39, 0.29) is 5.54 Å². The Bertz CT molecular complexity index is 691. The van der Waals surface area contributed by atoms with Gasteiger partial charge in [0.15, 0.2) is 0 Å². The number of likely N-dealkylation sites (N-methyl/N-ethyl adjacent to an activating group) is 1. The Balaban J connectivity index is 1.73. The fourth-order valence-corrected chi connectivity index (χ4v) is 4.51. The first-order chi connectivity index (χ1) is 12.5. The van der Waals surface area contributed by atoms with Gasteiger partial charge in [-0.15, -0.1) is 0 Å². The van der Waals surface area contributed by atoms with Crippen LogP contribution in [0.4, 0.5) is 0 Å². The topological polar surface area (TPSA) is 55.5 Å². The van der Waals surface area contributed by atoms with Gasteiger partial charge >= 0.3 is 0 Å². The summed E-state index contributed by atoms with van der Waals surface area (Å²) in [5.74, 6) is 0.300. The summed E-state index contributed by atoms with van der Waals surface area (Å²) in [5.41, 5.74) is 2.04. The summed E-state index contributed by atoms with van der Waals surface area (Å²) in [5, 5.41) is 9.28. The summed E-state index contributed by atoms with van der Waals surface area (Å²) in [4.78, 5) is 19.3. The normalized spacial score (nSPS) is 25.5. The van der Waals surface area contributed by atoms with Crippen LogP contribution in [-0.2, 0) is 17.9 Å². The molecule has 1 unspecified atom stereocenters. The van der Waals surface area contributed by atoms with E-state index in [2.05, 4.69) is 43.0 Å². The Labute approximate surface area is 157 Å². The molecular formula is C20H31N5O. The number of carbonyl (C=O) groups excluding carboxylic acids is 1. The molecule has 2 aliphatic heterocycles. The van der Waals surface area contributed by atoms with E-state index in [1.807, 2.05) is 15.5 Å². The molecule has 0 radical (unpaired) electrons. The van der Waals surface area contributed by atoms with Crippen molar-refractivity contribution in [3.05, 3.63) is 23.5 Å². The van der Waals surface area contributed by atoms with Crippen LogP contribution in [0.5, 0.6) is 0 Å². The van der Waals surface area contributed by atoms with Crippen molar-refractivity contribution in [2.75, 3.05) is 39.8 Å². The van der Waals surface area contributed by atoms with Crippen LogP contribution < -0.4 is 0 Å². The fraction of sp³-hybridized carbons (Fsp3) is 0.700. The summed E-state index contributed by atoms with van der Waals surface area (Å²) >= 11 is 0. The number of nitrogens with zero attached hydrogens (tertiary/aromatic N) is 5. The van der Waals surface area contributed by atoms with E-state index in [4.69, 9.17) is 0 Å². The second-order valence-corrected chi connectivity index (χ2v) is 7.71. The van der Waals surface area contributed by atoms with Gasteiger partial charge in [0.25, 0.3) is 0 Å². The van der Waals surface area contributed by atoms with Crippen LogP contribution in [-0.4, -0.2) is 70.5 Å². The first-order valence-electron chi connectivity index (χ1n) is 9.82. The van der Waals surface area contributed by atoms with Crippen molar-refractivity contribution < 1.29 is 4.79 Å². The van der Waals surface area contributed by atoms with Crippen LogP contribution in [0.25, 0.3) is 0 Å². The van der Waals surface area contributed by atoms with Gasteiger partial charge in [0, 0.05) is 64.0 Å². The van der Waals surface area contributed by atoms with Gasteiger partial charge in [-0.25, -0.2) is 0 Å². The zero-order valence-corrected chi connectivity index (χ0v) is 16.4. The average molecular weight is 358 g/mol. The van der Waals surface area contributed by atoms with E-state index in [0.717, 1.165) is 64.3 Å². The number of hydrogen-bond donors (Lipinski definition) is 0. The lowest BCUT2D eigenvalue weighted by Crippen LogP contribution is -2.60. The molecule has 0 aliphatic carbocycles. The summed E-state index contributed by atoms with van der Waals surface area (Å²) in [6.07, 6.45) is 4.74. The third kappa shape index (κ3) is 3.65. The molecular weight excluding hydrogens is 326 g/mol. The molecule has 1 spiro atoms. The number of nitriles is 1. The predicted octanol–water partition coefficient (Wildman–Crippen LogP) is 1.90. The van der Waals surface area contributed by atoms with Crippen LogP contribution >= 0.6 is 0 Å². The van der Waals surface area contributed by atoms with E-state index in [1.165, 1.54) is 5.56 Å². The lowest BCUT2D eigenvalue weighted by Gasteiger charge is -2.49. The Morgan fingerprint density at radius 2 is 2.00 bits per heavy atom. The molecule has 1 aromatic rings. The number of rotatable bonds is 4. The molecule has 0 saturated carbocycles. The minimum absolute atomic E-state index is 0.0865. The zero-order valence-electron chi connectivity index (χ0n) is 16.4. The van der Waals surface area contributed by atoms with Crippen molar-refractivity contribution in [1.29, 1.82) is 5.26 Å². The second-order valence-electron chi connectivity index (χ2n) is 7.71. The van der Waals surface area contributed by atoms with Gasteiger partial charge in [0.05, 0.1) is 0 Å². The molecule has 0 aromatic carbocycles. The Morgan fingerprint density at radius 3 is 2.65 bits per heavy atom. The summed E-state index contributed by atoms with van der Waals surface area (Å²) in [7, 11) is 2.21. The predicted molar refractivity (Wildman–Crippen MR) is 102 cm³/mol. The second kappa shape index (κ2) is 7.81. The van der Waals surface area contributed by atoms with Crippen molar-refractivity contribution in [3.63, 3.8) is 0 Å². The highest BCUT2D eigenvalue weighted by atomic mass is 16.2. The zero-order chi connectivity index (χ0) is 18.7. The maximum Gasteiger partial charge on any atom is 0.222 e. The molecule has 0 bridgehead atoms. The minimum atomic E-state index is 0.0865. The molecule has 6 heteroatoms. The summed E-state index contributed by atoms with van der Waals surface area (Å²) in [6, 6.07) is 4.30. The first-order valence-corrected chi connectivity index (χ1v) is 9.82. The number of hydrogen-bond acceptors (Lipinski definition) is 4. The molecule has 1 aromatic heterocycles. The molecule has 2 saturated heterocycles. The highest BCUT2D eigenvalue weighted by Crippen LogP contribution is 2.32. The quantitative estimate of drug-likeness (QED) is 0.826. The van der Waals surface area contributed by atoms with Crippen LogP contribution in [0.3, 0.4) is 0 Å². The van der Waals surface area contributed by atoms with Crippen molar-refractivity contribution in [1.82, 2.24) is 19.3 Å². The maximum absolute atomic E-state index is 12.3. The van der Waals surface area contributed by atoms with E-state index in [9.17, 15) is 10.1 Å². The lowest BCUT2D eigenvalue weighted by atomic mass is 9.86. The van der Waals surface area contributed by atoms with Crippen molar-refractivity contribution in [3.8, 4) is 6.07 Å². The molecule has 1 atom stereocenters. The van der Waals surface area contributed by atoms with Gasteiger partial charge < -0.3 is 9.47 Å². The monoisotopic (exact) mass is 357 g/mol. The Kier molecular flexibility index (Phi) is 5.69. The van der Waals surface area contributed by atoms with Crippen LogP contribution in [0.15, 0.2) is 12.3 Å². The van der Waals surface area contributed by atoms with E-state index in [0.29, 0.717) is 12.3 Å². The van der Waals surface area contributed by atoms with Gasteiger partial charge in [0.2, 0.25) is 5.91 Å². The molecule has 2 fully saturated rings. The van der Waals surface area contributed by atoms with Gasteiger partial charge in [-0.3, -0.25) is 14.6 Å². The number of aromatic nitrogens is 1. The molecule has 26 heavy (non-hydrogen) atoms. The standard InChI is InChI=1S/C20H31N5O/c1-4-24-9-8-20(7-6-19(24)26)16-23(11-10-22(20)3)14-17-12-18(13-21)25(5-2)15-17/h12,15H,4-11,14,16H2,1-3H3. The van der Waals surface area contributed by atoms with Crippen molar-refractivity contribution in [2.45, 2.75) is 51.7 Å². The molecule has 3 heterocycles. The van der Waals surface area contributed by atoms with Gasteiger partial charge in [-0.2, -0.15) is 5.26 Å². The molecule has 3 rings (SSSR count). The first kappa shape index (κ1) is 18.9. The number of amides is 1. The summed E-state index contributed by atoms with van der Waals surface area (Å²) < 4.78 is 2.02. The molecule has 2 aliphatic rings. The third-order valence-corrected chi connectivity index (χ3v) is 6.28. The van der Waals surface area contributed by atoms with Crippen LogP contribution in [0.1, 0.15) is 44.4 Å². The summed E-state index contributed by atoms with van der Waals surface area (Å²) in [6.45, 7) is 10.6. The van der Waals surface area contributed by atoms with Gasteiger partial charge in [-0.1, -0.05) is 0 Å². The SMILES string of the molecule is CCN1CCC2(CCC1=O)CN(Cc1cc(C#N)n(CC)c1)CCN2C. The maximum atomic E-state index is 12.3. The number of piperazine rings is 1.